The van der Waals surface area contributed by atoms with Gasteiger partial charge in [0.25, 0.3) is 0 Å². The van der Waals surface area contributed by atoms with Gasteiger partial charge in [-0.1, -0.05) is 36.4 Å². The molecule has 16 heavy (non-hydrogen) atoms. The van der Waals surface area contributed by atoms with E-state index < -0.39 is 0 Å². The fraction of sp³-hybridized carbons (Fsp3) is 0.333. The van der Waals surface area contributed by atoms with Gasteiger partial charge >= 0.3 is 0 Å². The fourth-order valence-electron chi connectivity index (χ4n) is 2.56. The van der Waals surface area contributed by atoms with Gasteiger partial charge in [-0.05, 0) is 35.7 Å². The minimum Gasteiger partial charge on any atom is -0.292 e. The molecule has 3 rings (SSSR count). The third kappa shape index (κ3) is 1.43. The first-order valence-electron chi connectivity index (χ1n) is 5.99. The predicted octanol–water partition coefficient (Wildman–Crippen LogP) is 3.56. The van der Waals surface area contributed by atoms with Gasteiger partial charge in [0.15, 0.2) is 0 Å². The van der Waals surface area contributed by atoms with Crippen LogP contribution < -0.4 is 0 Å². The molecular formula is C15H17N. The first-order valence-corrected chi connectivity index (χ1v) is 5.99. The Morgan fingerprint density at radius 2 is 1.81 bits per heavy atom. The highest BCUT2D eigenvalue weighted by atomic mass is 15.2. The summed E-state index contributed by atoms with van der Waals surface area (Å²) in [5.74, 6) is 0. The van der Waals surface area contributed by atoms with Crippen LogP contribution in [0.3, 0.4) is 0 Å². The zero-order valence-electron chi connectivity index (χ0n) is 9.90. The molecule has 0 amide bonds. The molecule has 0 aliphatic carbocycles. The second kappa shape index (κ2) is 3.60. The van der Waals surface area contributed by atoms with Crippen LogP contribution in [-0.4, -0.2) is 10.9 Å². The summed E-state index contributed by atoms with van der Waals surface area (Å²) in [5.41, 5.74) is 3.04. The SMILES string of the molecule is CC(C)N1Cc2ccc3ccccc3c2C1. The summed E-state index contributed by atoms with van der Waals surface area (Å²) >= 11 is 0. The molecule has 0 aromatic heterocycles. The first-order chi connectivity index (χ1) is 7.75. The molecule has 0 radical (unpaired) electrons. The van der Waals surface area contributed by atoms with Crippen LogP contribution in [0.1, 0.15) is 25.0 Å². The standard InChI is InChI=1S/C15H17N/c1-11(2)16-9-13-8-7-12-5-3-4-6-14(12)15(13)10-16/h3-8,11H,9-10H2,1-2H3. The molecule has 0 unspecified atom stereocenters. The van der Waals surface area contributed by atoms with E-state index in [1.54, 1.807) is 0 Å². The maximum absolute atomic E-state index is 2.52. The lowest BCUT2D eigenvalue weighted by Gasteiger charge is -2.19. The molecule has 1 nitrogen and oxygen atoms in total. The monoisotopic (exact) mass is 211 g/mol. The van der Waals surface area contributed by atoms with E-state index >= 15 is 0 Å². The van der Waals surface area contributed by atoms with Gasteiger partial charge < -0.3 is 0 Å². The summed E-state index contributed by atoms with van der Waals surface area (Å²) in [6, 6.07) is 13.9. The van der Waals surface area contributed by atoms with Crippen molar-refractivity contribution in [3.8, 4) is 0 Å². The fourth-order valence-corrected chi connectivity index (χ4v) is 2.56. The molecule has 0 fully saturated rings. The summed E-state index contributed by atoms with van der Waals surface area (Å²) in [4.78, 5) is 2.52. The molecule has 0 saturated carbocycles. The zero-order chi connectivity index (χ0) is 11.1. The Balaban J connectivity index is 2.14. The van der Waals surface area contributed by atoms with E-state index in [2.05, 4.69) is 55.1 Å². The Hall–Kier alpha value is -1.34. The third-order valence-electron chi connectivity index (χ3n) is 3.60. The molecule has 1 heteroatoms. The molecule has 82 valence electrons. The Labute approximate surface area is 96.7 Å². The second-order valence-corrected chi connectivity index (χ2v) is 4.92. The Bertz CT molecular complexity index is 528. The number of fused-ring (bicyclic) bond motifs is 3. The molecule has 0 bridgehead atoms. The van der Waals surface area contributed by atoms with E-state index in [-0.39, 0.29) is 0 Å². The van der Waals surface area contributed by atoms with Crippen LogP contribution >= 0.6 is 0 Å². The smallest absolute Gasteiger partial charge is 0.0249 e. The molecule has 1 aliphatic heterocycles. The van der Waals surface area contributed by atoms with Crippen LogP contribution in [0, 0.1) is 0 Å². The summed E-state index contributed by atoms with van der Waals surface area (Å²) in [5, 5.41) is 2.80. The Morgan fingerprint density at radius 1 is 1.00 bits per heavy atom. The highest BCUT2D eigenvalue weighted by Gasteiger charge is 2.22. The van der Waals surface area contributed by atoms with Crippen LogP contribution in [0.5, 0.6) is 0 Å². The number of hydrogen-bond acceptors (Lipinski definition) is 1. The summed E-state index contributed by atoms with van der Waals surface area (Å²) in [6.45, 7) is 6.76. The Kier molecular flexibility index (Phi) is 2.22. The van der Waals surface area contributed by atoms with Crippen LogP contribution in [0.4, 0.5) is 0 Å². The molecule has 1 aliphatic rings. The van der Waals surface area contributed by atoms with Crippen molar-refractivity contribution >= 4 is 10.8 Å². The lowest BCUT2D eigenvalue weighted by molar-refractivity contribution is 0.227. The van der Waals surface area contributed by atoms with Crippen molar-refractivity contribution in [3.05, 3.63) is 47.5 Å². The van der Waals surface area contributed by atoms with Crippen molar-refractivity contribution < 1.29 is 0 Å². The molecule has 0 spiro atoms. The number of rotatable bonds is 1. The average Bonchev–Trinajstić information content (AvgIpc) is 2.73. The zero-order valence-corrected chi connectivity index (χ0v) is 9.90. The van der Waals surface area contributed by atoms with E-state index in [9.17, 15) is 0 Å². The molecule has 1 heterocycles. The molecule has 0 saturated heterocycles. The van der Waals surface area contributed by atoms with E-state index in [0.29, 0.717) is 6.04 Å². The summed E-state index contributed by atoms with van der Waals surface area (Å²) in [6.07, 6.45) is 0. The van der Waals surface area contributed by atoms with Crippen LogP contribution in [0.25, 0.3) is 10.8 Å². The first kappa shape index (κ1) is 9.86. The van der Waals surface area contributed by atoms with Crippen LogP contribution in [0.15, 0.2) is 36.4 Å². The second-order valence-electron chi connectivity index (χ2n) is 4.92. The van der Waals surface area contributed by atoms with E-state index in [1.165, 1.54) is 21.9 Å². The van der Waals surface area contributed by atoms with Crippen LogP contribution in [-0.2, 0) is 13.1 Å². The van der Waals surface area contributed by atoms with Gasteiger partial charge in [-0.2, -0.15) is 0 Å². The molecule has 2 aromatic rings. The largest absolute Gasteiger partial charge is 0.292 e. The van der Waals surface area contributed by atoms with Crippen molar-refractivity contribution in [2.45, 2.75) is 33.0 Å². The molecule has 2 aromatic carbocycles. The lowest BCUT2D eigenvalue weighted by atomic mass is 10.0. The molecule has 0 N–H and O–H groups in total. The highest BCUT2D eigenvalue weighted by Crippen LogP contribution is 2.30. The molecular weight excluding hydrogens is 194 g/mol. The normalized spacial score (nSPS) is 15.9. The van der Waals surface area contributed by atoms with Crippen molar-refractivity contribution in [2.24, 2.45) is 0 Å². The third-order valence-corrected chi connectivity index (χ3v) is 3.60. The highest BCUT2D eigenvalue weighted by molar-refractivity contribution is 5.87. The van der Waals surface area contributed by atoms with Gasteiger partial charge in [-0.3, -0.25) is 4.90 Å². The maximum Gasteiger partial charge on any atom is 0.0249 e. The van der Waals surface area contributed by atoms with Gasteiger partial charge in [-0.25, -0.2) is 0 Å². The van der Waals surface area contributed by atoms with Gasteiger partial charge in [-0.15, -0.1) is 0 Å². The quantitative estimate of drug-likeness (QED) is 0.697. The topological polar surface area (TPSA) is 3.24 Å². The van der Waals surface area contributed by atoms with Gasteiger partial charge in [0.1, 0.15) is 0 Å². The van der Waals surface area contributed by atoms with Gasteiger partial charge in [0.2, 0.25) is 0 Å². The molecule has 0 atom stereocenters. The van der Waals surface area contributed by atoms with E-state index in [0.717, 1.165) is 13.1 Å². The van der Waals surface area contributed by atoms with Crippen molar-refractivity contribution in [1.29, 1.82) is 0 Å². The number of nitrogens with zero attached hydrogens (tertiary/aromatic N) is 1. The van der Waals surface area contributed by atoms with E-state index in [4.69, 9.17) is 0 Å². The predicted molar refractivity (Wildman–Crippen MR) is 68.3 cm³/mol. The van der Waals surface area contributed by atoms with Crippen molar-refractivity contribution in [3.63, 3.8) is 0 Å². The number of benzene rings is 2. The maximum atomic E-state index is 2.52. The van der Waals surface area contributed by atoms with Crippen LogP contribution in [0.2, 0.25) is 0 Å². The van der Waals surface area contributed by atoms with Gasteiger partial charge in [0.05, 0.1) is 0 Å². The van der Waals surface area contributed by atoms with Gasteiger partial charge in [0, 0.05) is 19.1 Å². The summed E-state index contributed by atoms with van der Waals surface area (Å²) in [7, 11) is 0. The average molecular weight is 211 g/mol. The lowest BCUT2D eigenvalue weighted by Crippen LogP contribution is -2.24. The minimum absolute atomic E-state index is 0.631. The minimum atomic E-state index is 0.631. The Morgan fingerprint density at radius 3 is 2.62 bits per heavy atom. The van der Waals surface area contributed by atoms with Crippen molar-refractivity contribution in [2.75, 3.05) is 0 Å². The van der Waals surface area contributed by atoms with Crippen molar-refractivity contribution in [1.82, 2.24) is 4.90 Å². The summed E-state index contributed by atoms with van der Waals surface area (Å²) < 4.78 is 0. The van der Waals surface area contributed by atoms with E-state index in [1.807, 2.05) is 0 Å². The number of hydrogen-bond donors (Lipinski definition) is 0.